The molecule has 0 aliphatic carbocycles. The summed E-state index contributed by atoms with van der Waals surface area (Å²) in [5, 5.41) is 3.08. The van der Waals surface area contributed by atoms with E-state index in [2.05, 4.69) is 16.9 Å². The molecule has 0 aromatic carbocycles. The van der Waals surface area contributed by atoms with Crippen molar-refractivity contribution in [2.24, 2.45) is 4.99 Å². The molecule has 0 aromatic heterocycles. The molecular weight excluding hydrogens is 148 g/mol. The van der Waals surface area contributed by atoms with Crippen LogP contribution in [0.5, 0.6) is 0 Å². The topological polar surface area (TPSA) is 24.4 Å². The fourth-order valence-electron chi connectivity index (χ4n) is 0.698. The van der Waals surface area contributed by atoms with Crippen LogP contribution in [0.4, 0.5) is 0 Å². The molecule has 0 rings (SSSR count). The van der Waals surface area contributed by atoms with Crippen LogP contribution in [0.3, 0.4) is 0 Å². The van der Waals surface area contributed by atoms with Gasteiger partial charge in [-0.05, 0) is 26.8 Å². The summed E-state index contributed by atoms with van der Waals surface area (Å²) >= 11 is 0. The molecule has 0 saturated carbocycles. The van der Waals surface area contributed by atoms with E-state index in [1.54, 1.807) is 12.4 Å². The minimum atomic E-state index is 0.908. The third-order valence-corrected chi connectivity index (χ3v) is 1.07. The second kappa shape index (κ2) is 6.40. The molecule has 2 nitrogen and oxygen atoms in total. The standard InChI is InChI=1S/C10H16N2/c1-5-7-10(8-11-6-2)12-9(3)4/h5-8,12H,3H2,1-2,4H3/b7-5-,10-8+,11-6-. The second-order valence-electron chi connectivity index (χ2n) is 2.40. The van der Waals surface area contributed by atoms with Crippen molar-refractivity contribution in [2.45, 2.75) is 20.8 Å². The Morgan fingerprint density at radius 3 is 2.50 bits per heavy atom. The van der Waals surface area contributed by atoms with Crippen LogP contribution in [0, 0.1) is 0 Å². The molecule has 0 amide bonds. The van der Waals surface area contributed by atoms with Gasteiger partial charge in [0.2, 0.25) is 0 Å². The van der Waals surface area contributed by atoms with Crippen LogP contribution in [0.2, 0.25) is 0 Å². The van der Waals surface area contributed by atoms with Crippen LogP contribution in [0.25, 0.3) is 0 Å². The highest BCUT2D eigenvalue weighted by Crippen LogP contribution is 1.95. The molecule has 0 bridgehead atoms. The molecular formula is C10H16N2. The number of hydrogen-bond acceptors (Lipinski definition) is 2. The van der Waals surface area contributed by atoms with E-state index in [9.17, 15) is 0 Å². The SMILES string of the molecule is C=C(C)NC(/C=C\C)=C/N=C\C. The summed E-state index contributed by atoms with van der Waals surface area (Å²) < 4.78 is 0. The van der Waals surface area contributed by atoms with Crippen LogP contribution in [-0.4, -0.2) is 6.21 Å². The summed E-state index contributed by atoms with van der Waals surface area (Å²) in [6.07, 6.45) is 7.40. The first kappa shape index (κ1) is 10.7. The lowest BCUT2D eigenvalue weighted by molar-refractivity contribution is 1.00. The Morgan fingerprint density at radius 2 is 2.08 bits per heavy atom. The van der Waals surface area contributed by atoms with Crippen molar-refractivity contribution in [1.29, 1.82) is 0 Å². The van der Waals surface area contributed by atoms with Gasteiger partial charge in [-0.3, -0.25) is 4.99 Å². The molecule has 0 unspecified atom stereocenters. The lowest BCUT2D eigenvalue weighted by Gasteiger charge is -2.03. The molecule has 0 aliphatic rings. The van der Waals surface area contributed by atoms with E-state index in [1.165, 1.54) is 0 Å². The molecule has 0 atom stereocenters. The molecule has 0 radical (unpaired) electrons. The molecule has 0 spiro atoms. The van der Waals surface area contributed by atoms with Gasteiger partial charge < -0.3 is 5.32 Å². The monoisotopic (exact) mass is 164 g/mol. The molecule has 0 aliphatic heterocycles. The molecule has 2 heteroatoms. The van der Waals surface area contributed by atoms with E-state index in [0.29, 0.717) is 0 Å². The average molecular weight is 164 g/mol. The summed E-state index contributed by atoms with van der Waals surface area (Å²) in [6, 6.07) is 0. The van der Waals surface area contributed by atoms with Gasteiger partial charge in [0.25, 0.3) is 0 Å². The average Bonchev–Trinajstić information content (AvgIpc) is 2.00. The summed E-state index contributed by atoms with van der Waals surface area (Å²) in [6.45, 7) is 9.50. The Hall–Kier alpha value is -1.31. The highest BCUT2D eigenvalue weighted by molar-refractivity contribution is 5.54. The number of nitrogens with one attached hydrogen (secondary N) is 1. The Bertz CT molecular complexity index is 222. The van der Waals surface area contributed by atoms with Gasteiger partial charge in [0, 0.05) is 18.1 Å². The molecule has 0 saturated heterocycles. The first-order valence-corrected chi connectivity index (χ1v) is 3.94. The molecule has 66 valence electrons. The van der Waals surface area contributed by atoms with Gasteiger partial charge >= 0.3 is 0 Å². The van der Waals surface area contributed by atoms with Gasteiger partial charge in [0.15, 0.2) is 0 Å². The summed E-state index contributed by atoms with van der Waals surface area (Å²) in [5.41, 5.74) is 1.86. The molecule has 0 fully saturated rings. The zero-order chi connectivity index (χ0) is 9.40. The minimum absolute atomic E-state index is 0.908. The fourth-order valence-corrected chi connectivity index (χ4v) is 0.698. The highest BCUT2D eigenvalue weighted by atomic mass is 14.9. The van der Waals surface area contributed by atoms with Crippen LogP contribution < -0.4 is 5.32 Å². The normalized spacial score (nSPS) is 12.8. The molecule has 0 heterocycles. The van der Waals surface area contributed by atoms with E-state index in [1.807, 2.05) is 32.9 Å². The Kier molecular flexibility index (Phi) is 5.70. The van der Waals surface area contributed by atoms with Crippen molar-refractivity contribution in [3.63, 3.8) is 0 Å². The van der Waals surface area contributed by atoms with Crippen molar-refractivity contribution in [3.8, 4) is 0 Å². The van der Waals surface area contributed by atoms with Crippen molar-refractivity contribution < 1.29 is 0 Å². The molecule has 12 heavy (non-hydrogen) atoms. The largest absolute Gasteiger partial charge is 0.358 e. The van der Waals surface area contributed by atoms with Gasteiger partial charge in [-0.25, -0.2) is 0 Å². The number of allylic oxidation sites excluding steroid dienone is 3. The maximum Gasteiger partial charge on any atom is 0.0564 e. The van der Waals surface area contributed by atoms with E-state index in [-0.39, 0.29) is 0 Å². The zero-order valence-electron chi connectivity index (χ0n) is 7.96. The van der Waals surface area contributed by atoms with Crippen LogP contribution in [0.1, 0.15) is 20.8 Å². The molecule has 0 aromatic rings. The number of nitrogens with zero attached hydrogens (tertiary/aromatic N) is 1. The summed E-state index contributed by atoms with van der Waals surface area (Å²) in [5.74, 6) is 0. The third kappa shape index (κ3) is 5.47. The van der Waals surface area contributed by atoms with E-state index >= 15 is 0 Å². The number of aliphatic imine (C=N–C) groups is 1. The first-order valence-electron chi connectivity index (χ1n) is 3.94. The smallest absolute Gasteiger partial charge is 0.0564 e. The van der Waals surface area contributed by atoms with E-state index in [0.717, 1.165) is 11.4 Å². The van der Waals surface area contributed by atoms with Crippen LogP contribution in [0.15, 0.2) is 41.3 Å². The van der Waals surface area contributed by atoms with Crippen molar-refractivity contribution in [3.05, 3.63) is 36.3 Å². The van der Waals surface area contributed by atoms with E-state index in [4.69, 9.17) is 0 Å². The summed E-state index contributed by atoms with van der Waals surface area (Å²) in [4.78, 5) is 4.00. The lowest BCUT2D eigenvalue weighted by Crippen LogP contribution is -2.07. The van der Waals surface area contributed by atoms with Crippen molar-refractivity contribution >= 4 is 6.21 Å². The number of rotatable bonds is 4. The Balaban J connectivity index is 4.32. The van der Waals surface area contributed by atoms with Crippen LogP contribution in [-0.2, 0) is 0 Å². The van der Waals surface area contributed by atoms with Gasteiger partial charge in [0.1, 0.15) is 0 Å². The van der Waals surface area contributed by atoms with Crippen molar-refractivity contribution in [1.82, 2.24) is 5.32 Å². The third-order valence-electron chi connectivity index (χ3n) is 1.07. The first-order chi connectivity index (χ1) is 5.70. The van der Waals surface area contributed by atoms with Crippen molar-refractivity contribution in [2.75, 3.05) is 0 Å². The predicted octanol–water partition coefficient (Wildman–Crippen LogP) is 2.62. The second-order valence-corrected chi connectivity index (χ2v) is 2.40. The predicted molar refractivity (Wildman–Crippen MR) is 55.0 cm³/mol. The maximum absolute atomic E-state index is 4.00. The van der Waals surface area contributed by atoms with Crippen LogP contribution >= 0.6 is 0 Å². The quantitative estimate of drug-likeness (QED) is 0.501. The van der Waals surface area contributed by atoms with Gasteiger partial charge in [-0.2, -0.15) is 0 Å². The van der Waals surface area contributed by atoms with Gasteiger partial charge in [-0.15, -0.1) is 0 Å². The van der Waals surface area contributed by atoms with E-state index < -0.39 is 0 Å². The summed E-state index contributed by atoms with van der Waals surface area (Å²) in [7, 11) is 0. The minimum Gasteiger partial charge on any atom is -0.358 e. The highest BCUT2D eigenvalue weighted by Gasteiger charge is 1.87. The molecule has 1 N–H and O–H groups in total. The Morgan fingerprint density at radius 1 is 1.42 bits per heavy atom. The maximum atomic E-state index is 4.00. The lowest BCUT2D eigenvalue weighted by atomic mass is 10.4. The fraction of sp³-hybridized carbons (Fsp3) is 0.300. The van der Waals surface area contributed by atoms with Gasteiger partial charge in [-0.1, -0.05) is 12.7 Å². The Labute approximate surface area is 74.4 Å². The van der Waals surface area contributed by atoms with Gasteiger partial charge in [0.05, 0.1) is 5.70 Å². The number of hydrogen-bond donors (Lipinski definition) is 1. The zero-order valence-corrected chi connectivity index (χ0v) is 7.96.